The topological polar surface area (TPSA) is 0 Å². The van der Waals surface area contributed by atoms with Crippen molar-refractivity contribution in [1.82, 2.24) is 0 Å². The van der Waals surface area contributed by atoms with E-state index in [4.69, 9.17) is 0 Å². The lowest BCUT2D eigenvalue weighted by atomic mass is 10.3. The number of hydrogen-bond donors (Lipinski definition) is 0. The first-order chi connectivity index (χ1) is 3.80. The number of halogens is 1. The Bertz CT molecular complexity index is 176. The molecule has 1 heterocycles. The molecule has 2 heteroatoms. The SMILES string of the molecule is C=C(Br)c1ccsc1. The molecule has 0 radical (unpaired) electrons. The second-order valence-electron chi connectivity index (χ2n) is 1.42. The van der Waals surface area contributed by atoms with Crippen molar-refractivity contribution in [2.45, 2.75) is 0 Å². The molecule has 0 saturated heterocycles. The molecular formula is C6H5BrS. The maximum Gasteiger partial charge on any atom is 0.0184 e. The second kappa shape index (κ2) is 2.46. The van der Waals surface area contributed by atoms with Crippen molar-refractivity contribution < 1.29 is 0 Å². The normalized spacial score (nSPS) is 9.12. The molecule has 1 rings (SSSR count). The molecule has 0 aliphatic carbocycles. The molecule has 0 spiro atoms. The average molecular weight is 189 g/mol. The lowest BCUT2D eigenvalue weighted by Crippen LogP contribution is -1.60. The van der Waals surface area contributed by atoms with E-state index in [1.807, 2.05) is 11.4 Å². The van der Waals surface area contributed by atoms with Crippen LogP contribution in [0, 0.1) is 0 Å². The molecule has 0 nitrogen and oxygen atoms in total. The molecule has 42 valence electrons. The van der Waals surface area contributed by atoms with Crippen molar-refractivity contribution in [3.05, 3.63) is 29.0 Å². The third-order valence-corrected chi connectivity index (χ3v) is 1.98. The van der Waals surface area contributed by atoms with Gasteiger partial charge < -0.3 is 0 Å². The Kier molecular flexibility index (Phi) is 1.86. The Morgan fingerprint density at radius 3 is 2.75 bits per heavy atom. The fraction of sp³-hybridized carbons (Fsp3) is 0. The molecule has 8 heavy (non-hydrogen) atoms. The zero-order valence-corrected chi connectivity index (χ0v) is 6.63. The van der Waals surface area contributed by atoms with Gasteiger partial charge in [-0.1, -0.05) is 22.5 Å². The third kappa shape index (κ3) is 1.20. The van der Waals surface area contributed by atoms with Crippen LogP contribution >= 0.6 is 27.3 Å². The zero-order chi connectivity index (χ0) is 5.98. The predicted octanol–water partition coefficient (Wildman–Crippen LogP) is 3.11. The fourth-order valence-corrected chi connectivity index (χ4v) is 1.49. The first kappa shape index (κ1) is 6.05. The smallest absolute Gasteiger partial charge is 0.0184 e. The van der Waals surface area contributed by atoms with Gasteiger partial charge in [-0.15, -0.1) is 0 Å². The molecule has 1 aromatic heterocycles. The van der Waals surface area contributed by atoms with Gasteiger partial charge in [-0.2, -0.15) is 11.3 Å². The molecule has 0 fully saturated rings. The molecule has 0 saturated carbocycles. The average Bonchev–Trinajstić information content (AvgIpc) is 2.12. The Labute approximate surface area is 61.0 Å². The highest BCUT2D eigenvalue weighted by Gasteiger charge is 1.90. The molecule has 0 aliphatic heterocycles. The van der Waals surface area contributed by atoms with Crippen molar-refractivity contribution >= 4 is 31.7 Å². The Balaban J connectivity index is 2.93. The highest BCUT2D eigenvalue weighted by atomic mass is 79.9. The van der Waals surface area contributed by atoms with Gasteiger partial charge >= 0.3 is 0 Å². The molecular weight excluding hydrogens is 184 g/mol. The Hall–Kier alpha value is -0.0800. The van der Waals surface area contributed by atoms with E-state index in [2.05, 4.69) is 27.9 Å². The molecule has 0 atom stereocenters. The van der Waals surface area contributed by atoms with Crippen molar-refractivity contribution in [2.24, 2.45) is 0 Å². The lowest BCUT2D eigenvalue weighted by Gasteiger charge is -1.84. The van der Waals surface area contributed by atoms with Crippen LogP contribution in [0.2, 0.25) is 0 Å². The maximum absolute atomic E-state index is 3.72. The molecule has 1 aromatic rings. The van der Waals surface area contributed by atoms with E-state index < -0.39 is 0 Å². The number of hydrogen-bond acceptors (Lipinski definition) is 1. The largest absolute Gasteiger partial charge is 0.152 e. The van der Waals surface area contributed by atoms with E-state index in [9.17, 15) is 0 Å². The summed E-state index contributed by atoms with van der Waals surface area (Å²) in [6.07, 6.45) is 0. The summed E-state index contributed by atoms with van der Waals surface area (Å²) in [6.45, 7) is 3.72. The van der Waals surface area contributed by atoms with Crippen LogP contribution < -0.4 is 0 Å². The van der Waals surface area contributed by atoms with Gasteiger partial charge in [-0.3, -0.25) is 0 Å². The van der Waals surface area contributed by atoms with Crippen LogP contribution in [0.15, 0.2) is 23.4 Å². The lowest BCUT2D eigenvalue weighted by molar-refractivity contribution is 1.89. The third-order valence-electron chi connectivity index (χ3n) is 0.834. The van der Waals surface area contributed by atoms with Crippen LogP contribution in [-0.4, -0.2) is 0 Å². The van der Waals surface area contributed by atoms with Gasteiger partial charge in [0.15, 0.2) is 0 Å². The molecule has 0 amide bonds. The highest BCUT2D eigenvalue weighted by Crippen LogP contribution is 2.20. The van der Waals surface area contributed by atoms with E-state index in [1.54, 1.807) is 11.3 Å². The van der Waals surface area contributed by atoms with E-state index in [0.29, 0.717) is 0 Å². The van der Waals surface area contributed by atoms with Gasteiger partial charge in [0.25, 0.3) is 0 Å². The standard InChI is InChI=1S/C6H5BrS/c1-5(7)6-2-3-8-4-6/h2-4H,1H2. The van der Waals surface area contributed by atoms with E-state index in [0.717, 1.165) is 4.48 Å². The summed E-state index contributed by atoms with van der Waals surface area (Å²) in [5, 5.41) is 4.08. The summed E-state index contributed by atoms with van der Waals surface area (Å²) in [5.74, 6) is 0. The van der Waals surface area contributed by atoms with E-state index in [1.165, 1.54) is 5.56 Å². The Morgan fingerprint density at radius 1 is 1.75 bits per heavy atom. The maximum atomic E-state index is 3.72. The van der Waals surface area contributed by atoms with Crippen molar-refractivity contribution in [2.75, 3.05) is 0 Å². The monoisotopic (exact) mass is 188 g/mol. The van der Waals surface area contributed by atoms with Gasteiger partial charge in [0, 0.05) is 4.48 Å². The van der Waals surface area contributed by atoms with Crippen molar-refractivity contribution in [3.8, 4) is 0 Å². The first-order valence-electron chi connectivity index (χ1n) is 2.17. The predicted molar refractivity (Wildman–Crippen MR) is 42.3 cm³/mol. The van der Waals surface area contributed by atoms with Gasteiger partial charge in [-0.25, -0.2) is 0 Å². The molecule has 0 N–H and O–H groups in total. The van der Waals surface area contributed by atoms with Gasteiger partial charge in [0.1, 0.15) is 0 Å². The van der Waals surface area contributed by atoms with Crippen molar-refractivity contribution in [1.29, 1.82) is 0 Å². The summed E-state index contributed by atoms with van der Waals surface area (Å²) in [4.78, 5) is 0. The zero-order valence-electron chi connectivity index (χ0n) is 4.23. The molecule has 0 unspecified atom stereocenters. The molecule has 0 aliphatic rings. The summed E-state index contributed by atoms with van der Waals surface area (Å²) in [5.41, 5.74) is 1.18. The quantitative estimate of drug-likeness (QED) is 0.636. The van der Waals surface area contributed by atoms with Gasteiger partial charge in [-0.05, 0) is 22.4 Å². The summed E-state index contributed by atoms with van der Waals surface area (Å²) >= 11 is 4.95. The molecule has 0 bridgehead atoms. The minimum atomic E-state index is 0.957. The second-order valence-corrected chi connectivity index (χ2v) is 3.15. The molecule has 0 aromatic carbocycles. The van der Waals surface area contributed by atoms with Crippen LogP contribution in [-0.2, 0) is 0 Å². The fourth-order valence-electron chi connectivity index (χ4n) is 0.419. The van der Waals surface area contributed by atoms with Crippen LogP contribution in [0.3, 0.4) is 0 Å². The Morgan fingerprint density at radius 2 is 2.50 bits per heavy atom. The van der Waals surface area contributed by atoms with E-state index in [-0.39, 0.29) is 0 Å². The number of rotatable bonds is 1. The van der Waals surface area contributed by atoms with Crippen LogP contribution in [0.1, 0.15) is 5.56 Å². The van der Waals surface area contributed by atoms with Crippen LogP contribution in [0.4, 0.5) is 0 Å². The highest BCUT2D eigenvalue weighted by molar-refractivity contribution is 9.15. The van der Waals surface area contributed by atoms with Gasteiger partial charge in [0.2, 0.25) is 0 Å². The van der Waals surface area contributed by atoms with Crippen LogP contribution in [0.5, 0.6) is 0 Å². The summed E-state index contributed by atoms with van der Waals surface area (Å²) < 4.78 is 0.957. The summed E-state index contributed by atoms with van der Waals surface area (Å²) in [7, 11) is 0. The van der Waals surface area contributed by atoms with Gasteiger partial charge in [0.05, 0.1) is 0 Å². The minimum Gasteiger partial charge on any atom is -0.152 e. The summed E-state index contributed by atoms with van der Waals surface area (Å²) in [6, 6.07) is 2.03. The van der Waals surface area contributed by atoms with Crippen LogP contribution in [0.25, 0.3) is 4.48 Å². The van der Waals surface area contributed by atoms with Crippen molar-refractivity contribution in [3.63, 3.8) is 0 Å². The number of thiophene rings is 1. The van der Waals surface area contributed by atoms with E-state index >= 15 is 0 Å². The minimum absolute atomic E-state index is 0.957. The first-order valence-corrected chi connectivity index (χ1v) is 3.91.